The normalized spacial score (nSPS) is 16.0. The van der Waals surface area contributed by atoms with Crippen LogP contribution in [0, 0.1) is 0 Å². The topological polar surface area (TPSA) is 57.6 Å². The Morgan fingerprint density at radius 3 is 2.69 bits per heavy atom. The van der Waals surface area contributed by atoms with Gasteiger partial charge in [-0.3, -0.25) is 14.5 Å². The summed E-state index contributed by atoms with van der Waals surface area (Å²) in [7, 11) is 0. The predicted octanol–water partition coefficient (Wildman–Crippen LogP) is 4.69. The second-order valence-electron chi connectivity index (χ2n) is 6.11. The maximum Gasteiger partial charge on any atom is 0.303 e. The summed E-state index contributed by atoms with van der Waals surface area (Å²) in [4.78, 5) is 25.5. The van der Waals surface area contributed by atoms with Crippen LogP contribution < -0.4 is 0 Å². The number of nitrogens with zero attached hydrogens (tertiary/aromatic N) is 1. The third-order valence-corrected chi connectivity index (χ3v) is 5.63. The number of amides is 1. The number of carboxylic acid groups (broad SMARTS) is 1. The number of aliphatic carboxylic acids is 1. The van der Waals surface area contributed by atoms with Gasteiger partial charge in [-0.25, -0.2) is 0 Å². The average molecular weight is 386 g/mol. The molecule has 0 aromatic heterocycles. The van der Waals surface area contributed by atoms with E-state index in [1.165, 1.54) is 11.8 Å². The van der Waals surface area contributed by atoms with Gasteiger partial charge >= 0.3 is 5.97 Å². The number of hydrogen-bond donors (Lipinski definition) is 1. The van der Waals surface area contributed by atoms with Gasteiger partial charge in [-0.1, -0.05) is 72.9 Å². The van der Waals surface area contributed by atoms with Gasteiger partial charge in [-0.2, -0.15) is 0 Å². The van der Waals surface area contributed by atoms with E-state index in [1.807, 2.05) is 36.4 Å². The first kappa shape index (κ1) is 18.6. The summed E-state index contributed by atoms with van der Waals surface area (Å²) in [6.45, 7) is 0.539. The van der Waals surface area contributed by atoms with Crippen LogP contribution in [0.25, 0.3) is 16.8 Å². The zero-order valence-corrected chi connectivity index (χ0v) is 15.8. The number of thiocarbonyl (C=S) groups is 1. The van der Waals surface area contributed by atoms with Crippen molar-refractivity contribution in [2.75, 3.05) is 6.54 Å². The lowest BCUT2D eigenvalue weighted by Crippen LogP contribution is -2.29. The number of unbranched alkanes of at least 4 members (excludes halogenated alkanes) is 2. The van der Waals surface area contributed by atoms with E-state index in [4.69, 9.17) is 17.3 Å². The molecule has 0 aliphatic carbocycles. The van der Waals surface area contributed by atoms with E-state index in [2.05, 4.69) is 12.1 Å². The van der Waals surface area contributed by atoms with Crippen LogP contribution in [0.15, 0.2) is 47.4 Å². The number of rotatable bonds is 7. The quantitative estimate of drug-likeness (QED) is 0.426. The standard InChI is InChI=1S/C20H19NO3S2/c22-18(23)11-2-1-5-12-21-19(24)17(26-20(21)25)13-15-9-6-8-14-7-3-4-10-16(14)15/h3-4,6-10,13H,1-2,5,11-12H2,(H,22,23)/b17-13-. The molecule has 0 bridgehead atoms. The molecule has 0 atom stereocenters. The summed E-state index contributed by atoms with van der Waals surface area (Å²) < 4.78 is 0.569. The van der Waals surface area contributed by atoms with Gasteiger partial charge in [0.05, 0.1) is 4.91 Å². The van der Waals surface area contributed by atoms with E-state index in [-0.39, 0.29) is 12.3 Å². The molecule has 1 aliphatic heterocycles. The van der Waals surface area contributed by atoms with Crippen molar-refractivity contribution in [3.05, 3.63) is 52.9 Å². The molecular formula is C20H19NO3S2. The second-order valence-corrected chi connectivity index (χ2v) is 7.78. The van der Waals surface area contributed by atoms with Crippen molar-refractivity contribution in [3.63, 3.8) is 0 Å². The average Bonchev–Trinajstić information content (AvgIpc) is 2.89. The van der Waals surface area contributed by atoms with Crippen LogP contribution >= 0.6 is 24.0 Å². The van der Waals surface area contributed by atoms with Gasteiger partial charge in [0.15, 0.2) is 0 Å². The molecule has 3 rings (SSSR count). The highest BCUT2D eigenvalue weighted by Gasteiger charge is 2.31. The molecule has 134 valence electrons. The van der Waals surface area contributed by atoms with Gasteiger partial charge in [-0.05, 0) is 35.3 Å². The molecule has 0 unspecified atom stereocenters. The highest BCUT2D eigenvalue weighted by Crippen LogP contribution is 2.34. The van der Waals surface area contributed by atoms with Gasteiger partial charge < -0.3 is 5.11 Å². The number of hydrogen-bond acceptors (Lipinski definition) is 4. The van der Waals surface area contributed by atoms with E-state index < -0.39 is 5.97 Å². The van der Waals surface area contributed by atoms with Crippen LogP contribution in [0.3, 0.4) is 0 Å². The van der Waals surface area contributed by atoms with Crippen LogP contribution in [0.5, 0.6) is 0 Å². The first-order chi connectivity index (χ1) is 12.6. The second kappa shape index (κ2) is 8.47. The third-order valence-electron chi connectivity index (χ3n) is 4.26. The molecule has 1 amide bonds. The van der Waals surface area contributed by atoms with Crippen molar-refractivity contribution in [2.24, 2.45) is 0 Å². The molecule has 2 aromatic rings. The lowest BCUT2D eigenvalue weighted by Gasteiger charge is -2.13. The summed E-state index contributed by atoms with van der Waals surface area (Å²) >= 11 is 6.69. The van der Waals surface area contributed by atoms with Crippen molar-refractivity contribution >= 4 is 57.0 Å². The van der Waals surface area contributed by atoms with Gasteiger partial charge in [-0.15, -0.1) is 0 Å². The fourth-order valence-corrected chi connectivity index (χ4v) is 4.23. The zero-order valence-electron chi connectivity index (χ0n) is 14.2. The Labute approximate surface area is 161 Å². The maximum absolute atomic E-state index is 12.7. The highest BCUT2D eigenvalue weighted by atomic mass is 32.2. The molecule has 2 aromatic carbocycles. The number of benzene rings is 2. The van der Waals surface area contributed by atoms with Crippen LogP contribution in [-0.4, -0.2) is 32.7 Å². The first-order valence-electron chi connectivity index (χ1n) is 8.51. The highest BCUT2D eigenvalue weighted by molar-refractivity contribution is 8.26. The van der Waals surface area contributed by atoms with E-state index in [9.17, 15) is 9.59 Å². The van der Waals surface area contributed by atoms with Crippen LogP contribution in [0.2, 0.25) is 0 Å². The predicted molar refractivity (Wildman–Crippen MR) is 110 cm³/mol. The number of fused-ring (bicyclic) bond motifs is 1. The Hall–Kier alpha value is -2.18. The monoisotopic (exact) mass is 385 g/mol. The zero-order chi connectivity index (χ0) is 18.5. The number of carboxylic acids is 1. The number of carbonyl (C=O) groups is 2. The molecule has 0 radical (unpaired) electrons. The summed E-state index contributed by atoms with van der Waals surface area (Å²) in [6, 6.07) is 14.1. The molecule has 1 fully saturated rings. The van der Waals surface area contributed by atoms with Gasteiger partial charge in [0, 0.05) is 13.0 Å². The summed E-state index contributed by atoms with van der Waals surface area (Å²) in [5.41, 5.74) is 1.00. The largest absolute Gasteiger partial charge is 0.481 e. The Bertz CT molecular complexity index is 886. The van der Waals surface area contributed by atoms with E-state index >= 15 is 0 Å². The molecule has 1 saturated heterocycles. The van der Waals surface area contributed by atoms with Gasteiger partial charge in [0.1, 0.15) is 4.32 Å². The van der Waals surface area contributed by atoms with Crippen LogP contribution in [-0.2, 0) is 9.59 Å². The molecule has 26 heavy (non-hydrogen) atoms. The lowest BCUT2D eigenvalue weighted by atomic mass is 10.0. The van der Waals surface area contributed by atoms with Gasteiger partial charge in [0.25, 0.3) is 5.91 Å². The van der Waals surface area contributed by atoms with Crippen molar-refractivity contribution < 1.29 is 14.7 Å². The number of carbonyl (C=O) groups excluding carboxylic acids is 1. The minimum absolute atomic E-state index is 0.0637. The van der Waals surface area contributed by atoms with Crippen LogP contribution in [0.4, 0.5) is 0 Å². The third kappa shape index (κ3) is 4.31. The van der Waals surface area contributed by atoms with Crippen LogP contribution in [0.1, 0.15) is 31.2 Å². The Balaban J connectivity index is 1.70. The fraction of sp³-hybridized carbons (Fsp3) is 0.250. The Morgan fingerprint density at radius 2 is 1.88 bits per heavy atom. The summed E-state index contributed by atoms with van der Waals surface area (Å²) in [5, 5.41) is 10.9. The molecule has 0 saturated carbocycles. The minimum atomic E-state index is -0.784. The Morgan fingerprint density at radius 1 is 1.12 bits per heavy atom. The SMILES string of the molecule is O=C(O)CCCCCN1C(=O)/C(=C/c2cccc3ccccc23)SC1=S. The van der Waals surface area contributed by atoms with E-state index in [0.717, 1.165) is 29.2 Å². The maximum atomic E-state index is 12.7. The number of thioether (sulfide) groups is 1. The molecule has 6 heteroatoms. The molecule has 0 spiro atoms. The molecule has 1 aliphatic rings. The van der Waals surface area contributed by atoms with Crippen molar-refractivity contribution in [2.45, 2.75) is 25.7 Å². The Kier molecular flexibility index (Phi) is 6.06. The van der Waals surface area contributed by atoms with Crippen molar-refractivity contribution in [3.8, 4) is 0 Å². The first-order valence-corrected chi connectivity index (χ1v) is 9.73. The molecule has 1 heterocycles. The van der Waals surface area contributed by atoms with E-state index in [0.29, 0.717) is 22.2 Å². The smallest absolute Gasteiger partial charge is 0.303 e. The molecule has 1 N–H and O–H groups in total. The summed E-state index contributed by atoms with van der Waals surface area (Å²) in [6.07, 6.45) is 4.22. The van der Waals surface area contributed by atoms with Crippen molar-refractivity contribution in [1.29, 1.82) is 0 Å². The summed E-state index contributed by atoms with van der Waals surface area (Å²) in [5.74, 6) is -0.847. The van der Waals surface area contributed by atoms with Gasteiger partial charge in [0.2, 0.25) is 0 Å². The lowest BCUT2D eigenvalue weighted by molar-refractivity contribution is -0.137. The molecular weight excluding hydrogens is 366 g/mol. The fourth-order valence-electron chi connectivity index (χ4n) is 2.93. The van der Waals surface area contributed by atoms with Crippen molar-refractivity contribution in [1.82, 2.24) is 4.90 Å². The minimum Gasteiger partial charge on any atom is -0.481 e. The van der Waals surface area contributed by atoms with E-state index in [1.54, 1.807) is 4.90 Å². The molecule has 4 nitrogen and oxygen atoms in total.